The molecule has 0 radical (unpaired) electrons. The minimum atomic E-state index is -0.367. The number of anilines is 9. The lowest BCUT2D eigenvalue weighted by Crippen LogP contribution is -2.61. The van der Waals surface area contributed by atoms with Gasteiger partial charge in [0.05, 0.1) is 16.7 Å². The van der Waals surface area contributed by atoms with Crippen molar-refractivity contribution in [1.29, 1.82) is 0 Å². The molecule has 0 saturated heterocycles. The molecule has 0 atom stereocenters. The third-order valence-electron chi connectivity index (χ3n) is 19.3. The molecule has 4 nitrogen and oxygen atoms in total. The highest BCUT2D eigenvalue weighted by atomic mass is 15.2. The third-order valence-corrected chi connectivity index (χ3v) is 19.3. The minimum absolute atomic E-state index is 0.0230. The number of para-hydroxylation sites is 3. The van der Waals surface area contributed by atoms with E-state index in [-0.39, 0.29) is 23.0 Å². The van der Waals surface area contributed by atoms with Crippen molar-refractivity contribution in [1.82, 2.24) is 4.57 Å². The van der Waals surface area contributed by atoms with Crippen LogP contribution in [0.3, 0.4) is 0 Å². The molecule has 0 N–H and O–H groups in total. The molecule has 0 unspecified atom stereocenters. The van der Waals surface area contributed by atoms with Crippen molar-refractivity contribution in [2.45, 2.75) is 71.6 Å². The highest BCUT2D eigenvalue weighted by Gasteiger charge is 2.45. The summed E-state index contributed by atoms with van der Waals surface area (Å²) in [5, 5.41) is 2.59. The lowest BCUT2D eigenvalue weighted by molar-refractivity contribution is 0.590. The molecule has 4 aliphatic heterocycles. The molecule has 12 aromatic carbocycles. The molecule has 0 amide bonds. The van der Waals surface area contributed by atoms with Gasteiger partial charge >= 0.3 is 0 Å². The number of aromatic nitrogens is 1. The Morgan fingerprint density at radius 3 is 1.41 bits per heavy atom. The van der Waals surface area contributed by atoms with E-state index >= 15 is 0 Å². The first-order chi connectivity index (χ1) is 42.7. The molecule has 4 aliphatic rings. The summed E-state index contributed by atoms with van der Waals surface area (Å²) in [7, 11) is 0. The maximum atomic E-state index is 2.62. The van der Waals surface area contributed by atoms with Crippen molar-refractivity contribution < 1.29 is 0 Å². The monoisotopic (exact) mass is 1130 g/mol. The summed E-state index contributed by atoms with van der Waals surface area (Å²) in [5.41, 5.74) is 29.7. The van der Waals surface area contributed by atoms with E-state index in [1.165, 1.54) is 111 Å². The standard InChI is InChI=1S/C83H69BN4/c1-81(2,3)60-37-46-74-69(49-60)70-50-61(82(4,5)6)38-47-75(70)86(74)65-41-32-56(33-42-65)58-34-44-71-76(48-58)88-73-27-19-18-26-68(73)57-28-35-59(36-29-57)83(7,8)62-51-78-80(79(88)52-62)84(71)72-45-43-67(85(63-22-14-10-15-23-63)64-24-16-11-17-25-64)53-77(72)87(78)66-39-30-55(31-40-66)54-20-12-9-13-21-54/h9-53H,1-8H3. The van der Waals surface area contributed by atoms with E-state index < -0.39 is 0 Å². The quantitative estimate of drug-likeness (QED) is 0.148. The largest absolute Gasteiger partial charge is 0.311 e. The van der Waals surface area contributed by atoms with Crippen LogP contribution in [0, 0.1) is 0 Å². The Kier molecular flexibility index (Phi) is 12.1. The zero-order chi connectivity index (χ0) is 59.8. The Labute approximate surface area is 518 Å². The molecule has 5 heterocycles. The summed E-state index contributed by atoms with van der Waals surface area (Å²) in [6, 6.07) is 103. The molecular weight excluding hydrogens is 1060 g/mol. The normalized spacial score (nSPS) is 13.7. The average molecular weight is 1130 g/mol. The Morgan fingerprint density at radius 1 is 0.341 bits per heavy atom. The second-order valence-corrected chi connectivity index (χ2v) is 27.0. The van der Waals surface area contributed by atoms with Gasteiger partial charge in [0.1, 0.15) is 0 Å². The first-order valence-electron chi connectivity index (χ1n) is 31.2. The van der Waals surface area contributed by atoms with Gasteiger partial charge in [0.2, 0.25) is 0 Å². The van der Waals surface area contributed by atoms with Crippen LogP contribution >= 0.6 is 0 Å². The molecule has 4 bridgehead atoms. The topological polar surface area (TPSA) is 14.7 Å². The third kappa shape index (κ3) is 8.57. The summed E-state index contributed by atoms with van der Waals surface area (Å²) in [4.78, 5) is 7.59. The predicted molar refractivity (Wildman–Crippen MR) is 375 cm³/mol. The summed E-state index contributed by atoms with van der Waals surface area (Å²) in [6.07, 6.45) is 0. The van der Waals surface area contributed by atoms with Crippen LogP contribution in [0.2, 0.25) is 0 Å². The van der Waals surface area contributed by atoms with E-state index in [4.69, 9.17) is 0 Å². The Hall–Kier alpha value is -10.1. The SMILES string of the molecule is CC(C)(C)c1ccc2c(c1)c1cc(C(C)(C)C)ccc1n2-c1ccc(-c2ccc3c(c2)N2c4ccccc4-c4ccc(cc4)C(C)(C)c4cc5c(c2c4)B3c2ccc(N(c3ccccc3)c3ccccc3)cc2N5c2ccc(-c3ccccc3)cc2)cc1. The second-order valence-electron chi connectivity index (χ2n) is 27.0. The molecule has 0 fully saturated rings. The smallest absolute Gasteiger partial charge is 0.252 e. The van der Waals surface area contributed by atoms with Crippen LogP contribution < -0.4 is 31.1 Å². The fourth-order valence-electron chi connectivity index (χ4n) is 14.4. The summed E-state index contributed by atoms with van der Waals surface area (Å²) in [6.45, 7) is 18.6. The molecular formula is C83H69BN4. The Bertz CT molecular complexity index is 4760. The van der Waals surface area contributed by atoms with Crippen LogP contribution in [-0.2, 0) is 16.2 Å². The highest BCUT2D eigenvalue weighted by Crippen LogP contribution is 2.51. The number of hydrogen-bond donors (Lipinski definition) is 0. The van der Waals surface area contributed by atoms with Gasteiger partial charge in [0.25, 0.3) is 6.71 Å². The average Bonchev–Trinajstić information content (AvgIpc) is 1.35. The van der Waals surface area contributed by atoms with Crippen molar-refractivity contribution in [3.05, 3.63) is 295 Å². The van der Waals surface area contributed by atoms with E-state index in [9.17, 15) is 0 Å². The Morgan fingerprint density at radius 2 is 0.818 bits per heavy atom. The predicted octanol–water partition coefficient (Wildman–Crippen LogP) is 20.6. The van der Waals surface area contributed by atoms with Crippen LogP contribution in [-0.4, -0.2) is 11.3 Å². The van der Waals surface area contributed by atoms with Crippen LogP contribution in [0.4, 0.5) is 51.2 Å². The molecule has 0 aliphatic carbocycles. The fraction of sp³-hybridized carbons (Fsp3) is 0.133. The molecule has 424 valence electrons. The number of benzene rings is 12. The van der Waals surface area contributed by atoms with Gasteiger partial charge in [-0.3, -0.25) is 0 Å². The molecule has 1 aromatic heterocycles. The maximum absolute atomic E-state index is 2.62. The van der Waals surface area contributed by atoms with Crippen molar-refractivity contribution in [3.8, 4) is 39.1 Å². The summed E-state index contributed by atoms with van der Waals surface area (Å²) in [5.74, 6) is 0. The molecule has 0 spiro atoms. The van der Waals surface area contributed by atoms with Gasteiger partial charge in [-0.15, -0.1) is 0 Å². The van der Waals surface area contributed by atoms with Gasteiger partial charge < -0.3 is 19.3 Å². The lowest BCUT2D eigenvalue weighted by atomic mass is 9.33. The van der Waals surface area contributed by atoms with Gasteiger partial charge in [0.15, 0.2) is 0 Å². The van der Waals surface area contributed by atoms with E-state index in [0.29, 0.717) is 0 Å². The van der Waals surface area contributed by atoms with Gasteiger partial charge in [-0.25, -0.2) is 0 Å². The maximum Gasteiger partial charge on any atom is 0.252 e. The first kappa shape index (κ1) is 53.4. The van der Waals surface area contributed by atoms with Gasteiger partial charge in [-0.1, -0.05) is 219 Å². The lowest BCUT2D eigenvalue weighted by Gasteiger charge is -2.45. The summed E-state index contributed by atoms with van der Waals surface area (Å²) >= 11 is 0. The second kappa shape index (κ2) is 20.0. The van der Waals surface area contributed by atoms with Crippen LogP contribution in [0.15, 0.2) is 273 Å². The van der Waals surface area contributed by atoms with Gasteiger partial charge in [-0.2, -0.15) is 0 Å². The van der Waals surface area contributed by atoms with Gasteiger partial charge in [-0.05, 0) is 186 Å². The number of nitrogens with zero attached hydrogens (tertiary/aromatic N) is 4. The summed E-state index contributed by atoms with van der Waals surface area (Å²) < 4.78 is 2.47. The Balaban J connectivity index is 0.925. The van der Waals surface area contributed by atoms with Crippen LogP contribution in [0.5, 0.6) is 0 Å². The van der Waals surface area contributed by atoms with E-state index in [0.717, 1.165) is 39.8 Å². The molecule has 17 rings (SSSR count). The highest BCUT2D eigenvalue weighted by molar-refractivity contribution is 7.00. The number of hydrogen-bond acceptors (Lipinski definition) is 3. The van der Waals surface area contributed by atoms with Crippen molar-refractivity contribution in [2.75, 3.05) is 14.7 Å². The first-order valence-corrected chi connectivity index (χ1v) is 31.2. The zero-order valence-electron chi connectivity index (χ0n) is 51.3. The van der Waals surface area contributed by atoms with E-state index in [1.807, 2.05) is 0 Å². The molecule has 88 heavy (non-hydrogen) atoms. The van der Waals surface area contributed by atoms with Crippen LogP contribution in [0.1, 0.15) is 77.6 Å². The van der Waals surface area contributed by atoms with E-state index in [1.54, 1.807) is 0 Å². The molecule has 13 aromatic rings. The van der Waals surface area contributed by atoms with Crippen molar-refractivity contribution >= 4 is 96.1 Å². The number of rotatable bonds is 7. The zero-order valence-corrected chi connectivity index (χ0v) is 51.3. The van der Waals surface area contributed by atoms with Crippen molar-refractivity contribution in [3.63, 3.8) is 0 Å². The van der Waals surface area contributed by atoms with Gasteiger partial charge in [0, 0.05) is 72.9 Å². The molecule has 0 saturated carbocycles. The van der Waals surface area contributed by atoms with Crippen LogP contribution in [0.25, 0.3) is 60.9 Å². The fourth-order valence-corrected chi connectivity index (χ4v) is 14.4. The minimum Gasteiger partial charge on any atom is -0.311 e. The molecule has 5 heteroatoms. The van der Waals surface area contributed by atoms with E-state index in [2.05, 4.69) is 348 Å². The number of fused-ring (bicyclic) bond motifs is 9. The van der Waals surface area contributed by atoms with Crippen molar-refractivity contribution in [2.24, 2.45) is 0 Å².